The Kier molecular flexibility index (Phi) is 4.76. The fourth-order valence-electron chi connectivity index (χ4n) is 8.23. The van der Waals surface area contributed by atoms with Gasteiger partial charge in [-0.25, -0.2) is 0 Å². The molecule has 3 heteroatoms. The minimum absolute atomic E-state index is 0.174. The van der Waals surface area contributed by atoms with Gasteiger partial charge >= 0.3 is 0 Å². The lowest BCUT2D eigenvalue weighted by molar-refractivity contribution is -0.144. The first-order chi connectivity index (χ1) is 12.7. The summed E-state index contributed by atoms with van der Waals surface area (Å²) in [6.45, 7) is 6.52. The second-order valence-corrected chi connectivity index (χ2v) is 10.6. The molecule has 0 saturated heterocycles. The summed E-state index contributed by atoms with van der Waals surface area (Å²) in [4.78, 5) is 12.3. The van der Waals surface area contributed by atoms with Crippen molar-refractivity contribution in [3.05, 3.63) is 0 Å². The minimum Gasteiger partial charge on any atom is -0.384 e. The highest BCUT2D eigenvalue weighted by Gasteiger charge is 2.61. The maximum atomic E-state index is 12.3. The summed E-state index contributed by atoms with van der Waals surface area (Å²) in [5.41, 5.74) is -0.389. The van der Waals surface area contributed by atoms with Gasteiger partial charge in [0.05, 0.1) is 0 Å². The molecule has 0 amide bonds. The molecule has 2 N–H and O–H groups in total. The van der Waals surface area contributed by atoms with Crippen LogP contribution in [0.4, 0.5) is 0 Å². The van der Waals surface area contributed by atoms with Crippen LogP contribution in [0.5, 0.6) is 0 Å². The van der Waals surface area contributed by atoms with Crippen LogP contribution in [0, 0.1) is 52.3 Å². The van der Waals surface area contributed by atoms with Gasteiger partial charge < -0.3 is 10.2 Å². The molecule has 0 bridgehead atoms. The van der Waals surface area contributed by atoms with Gasteiger partial charge in [-0.1, -0.05) is 25.7 Å². The SMILES string of the molecule is CC(=O)[C@H]1CC[C@H]2[C@@H]3CC[C@@H]4C[C@@](O)(C#CCO)CC[C@]4(C)[C@H]3CC[C@]12C. The molecule has 150 valence electrons. The lowest BCUT2D eigenvalue weighted by atomic mass is 9.44. The first-order valence-corrected chi connectivity index (χ1v) is 11.1. The van der Waals surface area contributed by atoms with Crippen molar-refractivity contribution < 1.29 is 15.0 Å². The quantitative estimate of drug-likeness (QED) is 0.685. The molecule has 8 atom stereocenters. The van der Waals surface area contributed by atoms with E-state index >= 15 is 0 Å². The highest BCUT2D eigenvalue weighted by atomic mass is 16.3. The highest BCUT2D eigenvalue weighted by Crippen LogP contribution is 2.68. The van der Waals surface area contributed by atoms with Crippen molar-refractivity contribution in [3.8, 4) is 11.8 Å². The summed E-state index contributed by atoms with van der Waals surface area (Å²) in [6.07, 6.45) is 9.72. The molecular formula is C24H36O3. The molecule has 0 spiro atoms. The molecule has 0 aromatic carbocycles. The molecular weight excluding hydrogens is 336 g/mol. The molecule has 4 aliphatic rings. The fraction of sp³-hybridized carbons (Fsp3) is 0.875. The Bertz CT molecular complexity index is 675. The van der Waals surface area contributed by atoms with E-state index in [9.17, 15) is 9.90 Å². The van der Waals surface area contributed by atoms with Gasteiger partial charge in [0.15, 0.2) is 0 Å². The summed E-state index contributed by atoms with van der Waals surface area (Å²) in [5.74, 6) is 9.05. The molecule has 0 aromatic heterocycles. The second-order valence-electron chi connectivity index (χ2n) is 10.6. The van der Waals surface area contributed by atoms with Crippen LogP contribution < -0.4 is 0 Å². The summed E-state index contributed by atoms with van der Waals surface area (Å²) in [7, 11) is 0. The number of aliphatic hydroxyl groups is 2. The van der Waals surface area contributed by atoms with Crippen LogP contribution in [0.3, 0.4) is 0 Å². The van der Waals surface area contributed by atoms with Crippen LogP contribution in [0.1, 0.15) is 78.6 Å². The largest absolute Gasteiger partial charge is 0.384 e. The van der Waals surface area contributed by atoms with Crippen LogP contribution in [0.15, 0.2) is 0 Å². The molecule has 27 heavy (non-hydrogen) atoms. The van der Waals surface area contributed by atoms with Gasteiger partial charge in [0.25, 0.3) is 0 Å². The number of rotatable bonds is 1. The minimum atomic E-state index is -0.907. The van der Waals surface area contributed by atoms with Crippen LogP contribution >= 0.6 is 0 Å². The third kappa shape index (κ3) is 2.90. The average molecular weight is 373 g/mol. The van der Waals surface area contributed by atoms with Gasteiger partial charge in [-0.15, -0.1) is 0 Å². The standard InChI is InChI=1S/C24H36O3/c1-16(26)19-7-8-20-18-6-5-17-15-24(27,10-4-14-25)13-12-22(17,2)21(18)9-11-23(19,20)3/h17-21,25,27H,5-9,11-15H2,1-3H3/t17-,18+,19-,20+,21+,22+,23-,24-/m1/s1. The molecule has 0 heterocycles. The van der Waals surface area contributed by atoms with E-state index in [-0.39, 0.29) is 17.9 Å². The van der Waals surface area contributed by atoms with E-state index in [0.29, 0.717) is 23.0 Å². The van der Waals surface area contributed by atoms with Crippen molar-refractivity contribution in [1.29, 1.82) is 0 Å². The number of carbonyl (C=O) groups excluding carboxylic acids is 1. The van der Waals surface area contributed by atoms with E-state index in [2.05, 4.69) is 25.7 Å². The zero-order chi connectivity index (χ0) is 19.4. The predicted molar refractivity (Wildman–Crippen MR) is 106 cm³/mol. The first kappa shape index (κ1) is 19.5. The second kappa shape index (κ2) is 6.60. The Hall–Kier alpha value is -0.850. The van der Waals surface area contributed by atoms with Gasteiger partial charge in [0.1, 0.15) is 18.0 Å². The monoisotopic (exact) mass is 372 g/mol. The normalized spacial score (nSPS) is 51.4. The maximum Gasteiger partial charge on any atom is 0.133 e. The molecule has 3 nitrogen and oxygen atoms in total. The molecule has 4 rings (SSSR count). The zero-order valence-electron chi connectivity index (χ0n) is 17.3. The molecule has 0 unspecified atom stereocenters. The maximum absolute atomic E-state index is 12.3. The fourth-order valence-corrected chi connectivity index (χ4v) is 8.23. The molecule has 4 saturated carbocycles. The predicted octanol–water partition coefficient (Wildman–Crippen LogP) is 3.96. The van der Waals surface area contributed by atoms with Crippen LogP contribution in [-0.4, -0.2) is 28.2 Å². The third-order valence-electron chi connectivity index (χ3n) is 9.62. The van der Waals surface area contributed by atoms with Crippen molar-refractivity contribution in [2.75, 3.05) is 6.61 Å². The molecule has 0 aromatic rings. The van der Waals surface area contributed by atoms with Crippen molar-refractivity contribution in [1.82, 2.24) is 0 Å². The summed E-state index contributed by atoms with van der Waals surface area (Å²) >= 11 is 0. The van der Waals surface area contributed by atoms with E-state index in [1.807, 2.05) is 0 Å². The number of aliphatic hydroxyl groups excluding tert-OH is 1. The Morgan fingerprint density at radius 1 is 1.00 bits per heavy atom. The summed E-state index contributed by atoms with van der Waals surface area (Å²) in [5, 5.41) is 19.9. The van der Waals surface area contributed by atoms with Gasteiger partial charge in [-0.3, -0.25) is 4.79 Å². The van der Waals surface area contributed by atoms with Crippen molar-refractivity contribution in [2.45, 2.75) is 84.2 Å². The Morgan fingerprint density at radius 3 is 2.44 bits per heavy atom. The van der Waals surface area contributed by atoms with Crippen molar-refractivity contribution in [3.63, 3.8) is 0 Å². The smallest absolute Gasteiger partial charge is 0.133 e. The zero-order valence-corrected chi connectivity index (χ0v) is 17.3. The average Bonchev–Trinajstić information content (AvgIpc) is 2.98. The molecule has 0 radical (unpaired) electrons. The van der Waals surface area contributed by atoms with E-state index in [1.54, 1.807) is 6.92 Å². The summed E-state index contributed by atoms with van der Waals surface area (Å²) in [6, 6.07) is 0. The highest BCUT2D eigenvalue weighted by molar-refractivity contribution is 5.79. The van der Waals surface area contributed by atoms with Gasteiger partial charge in [0.2, 0.25) is 0 Å². The number of carbonyl (C=O) groups is 1. The molecule has 0 aliphatic heterocycles. The summed E-state index contributed by atoms with van der Waals surface area (Å²) < 4.78 is 0. The first-order valence-electron chi connectivity index (χ1n) is 11.1. The van der Waals surface area contributed by atoms with Crippen LogP contribution in [0.2, 0.25) is 0 Å². The molecule has 4 aliphatic carbocycles. The van der Waals surface area contributed by atoms with E-state index in [1.165, 1.54) is 32.1 Å². The number of hydrogen-bond acceptors (Lipinski definition) is 3. The number of hydrogen-bond donors (Lipinski definition) is 2. The van der Waals surface area contributed by atoms with Crippen LogP contribution in [-0.2, 0) is 4.79 Å². The molecule has 4 fully saturated rings. The lowest BCUT2D eigenvalue weighted by Crippen LogP contribution is -2.56. The Morgan fingerprint density at radius 2 is 1.74 bits per heavy atom. The van der Waals surface area contributed by atoms with Gasteiger partial charge in [0, 0.05) is 5.92 Å². The van der Waals surface area contributed by atoms with Crippen molar-refractivity contribution >= 4 is 5.78 Å². The van der Waals surface area contributed by atoms with Crippen LogP contribution in [0.25, 0.3) is 0 Å². The number of fused-ring (bicyclic) bond motifs is 5. The van der Waals surface area contributed by atoms with E-state index < -0.39 is 5.60 Å². The number of ketones is 1. The number of Topliss-reactive ketones (excluding diaryl/α,β-unsaturated/α-hetero) is 1. The Balaban J connectivity index is 1.57. The lowest BCUT2D eigenvalue weighted by Gasteiger charge is -2.61. The third-order valence-corrected chi connectivity index (χ3v) is 9.62. The Labute approximate surface area is 164 Å². The van der Waals surface area contributed by atoms with Gasteiger partial charge in [-0.2, -0.15) is 0 Å². The van der Waals surface area contributed by atoms with Gasteiger partial charge in [-0.05, 0) is 99.2 Å². The van der Waals surface area contributed by atoms with E-state index in [4.69, 9.17) is 5.11 Å². The van der Waals surface area contributed by atoms with E-state index in [0.717, 1.165) is 37.5 Å². The topological polar surface area (TPSA) is 57.5 Å². The van der Waals surface area contributed by atoms with Crippen molar-refractivity contribution in [2.24, 2.45) is 40.4 Å².